The van der Waals surface area contributed by atoms with Crippen LogP contribution in [0.1, 0.15) is 0 Å². The third-order valence-corrected chi connectivity index (χ3v) is 4.11. The van der Waals surface area contributed by atoms with Crippen LogP contribution in [-0.4, -0.2) is 6.16 Å². The van der Waals surface area contributed by atoms with E-state index >= 15 is 0 Å². The van der Waals surface area contributed by atoms with Gasteiger partial charge in [-0.3, -0.25) is 0 Å². The Morgan fingerprint density at radius 2 is 1.19 bits per heavy atom. The predicted octanol–water partition coefficient (Wildman–Crippen LogP) is 6.08. The van der Waals surface area contributed by atoms with Gasteiger partial charge in [0.25, 0.3) is 0 Å². The molecule has 0 atom stereocenters. The Hall–Kier alpha value is -3.59. The molecular formula is C23H16O3. The second kappa shape index (κ2) is 7.11. The fourth-order valence-corrected chi connectivity index (χ4v) is 2.90. The minimum atomic E-state index is -0.760. The van der Waals surface area contributed by atoms with Crippen molar-refractivity contribution in [1.82, 2.24) is 0 Å². The Morgan fingerprint density at radius 1 is 0.577 bits per heavy atom. The Labute approximate surface area is 151 Å². The molecule has 126 valence electrons. The van der Waals surface area contributed by atoms with Gasteiger partial charge in [0.15, 0.2) is 0 Å². The summed E-state index contributed by atoms with van der Waals surface area (Å²) < 4.78 is 11.0. The Kier molecular flexibility index (Phi) is 4.35. The average molecular weight is 340 g/mol. The van der Waals surface area contributed by atoms with Crippen LogP contribution >= 0.6 is 0 Å². The summed E-state index contributed by atoms with van der Waals surface area (Å²) in [6, 6.07) is 30.5. The summed E-state index contributed by atoms with van der Waals surface area (Å²) in [4.78, 5) is 12.4. The maximum atomic E-state index is 12.4. The van der Waals surface area contributed by atoms with E-state index in [0.717, 1.165) is 21.9 Å². The van der Waals surface area contributed by atoms with E-state index in [-0.39, 0.29) is 0 Å². The van der Waals surface area contributed by atoms with Gasteiger partial charge in [0, 0.05) is 10.9 Å². The van der Waals surface area contributed by atoms with E-state index in [9.17, 15) is 4.79 Å². The molecule has 0 saturated carbocycles. The molecule has 0 spiro atoms. The lowest BCUT2D eigenvalue weighted by molar-refractivity contribution is 0.152. The first-order valence-corrected chi connectivity index (χ1v) is 8.33. The summed E-state index contributed by atoms with van der Waals surface area (Å²) in [6.45, 7) is 0. The molecule has 0 saturated heterocycles. The van der Waals surface area contributed by atoms with E-state index in [0.29, 0.717) is 11.5 Å². The number of hydrogen-bond acceptors (Lipinski definition) is 3. The summed E-state index contributed by atoms with van der Waals surface area (Å²) in [6.07, 6.45) is -0.760. The van der Waals surface area contributed by atoms with Crippen LogP contribution in [0.3, 0.4) is 0 Å². The van der Waals surface area contributed by atoms with Crippen molar-refractivity contribution in [3.05, 3.63) is 97.1 Å². The minimum Gasteiger partial charge on any atom is -0.394 e. The summed E-state index contributed by atoms with van der Waals surface area (Å²) in [5, 5.41) is 1.87. The van der Waals surface area contributed by atoms with Crippen LogP contribution in [0.2, 0.25) is 0 Å². The van der Waals surface area contributed by atoms with E-state index in [1.54, 1.807) is 12.1 Å². The molecule has 4 rings (SSSR count). The van der Waals surface area contributed by atoms with Gasteiger partial charge in [-0.1, -0.05) is 84.9 Å². The monoisotopic (exact) mass is 340 g/mol. The largest absolute Gasteiger partial charge is 0.519 e. The number of para-hydroxylation sites is 1. The number of ether oxygens (including phenoxy) is 2. The first-order chi connectivity index (χ1) is 12.8. The van der Waals surface area contributed by atoms with Crippen molar-refractivity contribution in [2.75, 3.05) is 0 Å². The number of rotatable bonds is 3. The highest BCUT2D eigenvalue weighted by atomic mass is 16.7. The lowest BCUT2D eigenvalue weighted by atomic mass is 10.1. The quantitative estimate of drug-likeness (QED) is 0.335. The number of carbonyl (C=O) groups excluding carboxylic acids is 1. The first-order valence-electron chi connectivity index (χ1n) is 8.33. The van der Waals surface area contributed by atoms with Crippen molar-refractivity contribution in [2.45, 2.75) is 0 Å². The van der Waals surface area contributed by atoms with Crippen LogP contribution in [0.15, 0.2) is 97.1 Å². The normalized spacial score (nSPS) is 10.5. The standard InChI is InChI=1S/C23H16O3/c24-23(26-22-16-8-12-18-11-4-5-13-20(18)22)25-21-15-7-6-14-19(21)17-9-2-1-3-10-17/h1-16H. The molecule has 3 nitrogen and oxygen atoms in total. The van der Waals surface area contributed by atoms with Crippen LogP contribution in [0, 0.1) is 0 Å². The van der Waals surface area contributed by atoms with Crippen molar-refractivity contribution in [3.63, 3.8) is 0 Å². The fourth-order valence-electron chi connectivity index (χ4n) is 2.90. The number of fused-ring (bicyclic) bond motifs is 1. The molecule has 4 aromatic carbocycles. The van der Waals surface area contributed by atoms with Crippen LogP contribution in [0.25, 0.3) is 21.9 Å². The highest BCUT2D eigenvalue weighted by Crippen LogP contribution is 2.30. The maximum Gasteiger partial charge on any atom is 0.519 e. The second-order valence-corrected chi connectivity index (χ2v) is 5.79. The van der Waals surface area contributed by atoms with Gasteiger partial charge < -0.3 is 9.47 Å². The fraction of sp³-hybridized carbons (Fsp3) is 0. The van der Waals surface area contributed by atoms with E-state index in [1.807, 2.05) is 84.9 Å². The summed E-state index contributed by atoms with van der Waals surface area (Å²) in [5.41, 5.74) is 1.81. The van der Waals surface area contributed by atoms with Crippen LogP contribution in [0.5, 0.6) is 11.5 Å². The molecule has 4 aromatic rings. The molecule has 0 radical (unpaired) electrons. The van der Waals surface area contributed by atoms with Crippen molar-refractivity contribution < 1.29 is 14.3 Å². The molecule has 0 bridgehead atoms. The average Bonchev–Trinajstić information content (AvgIpc) is 2.69. The second-order valence-electron chi connectivity index (χ2n) is 5.79. The van der Waals surface area contributed by atoms with Gasteiger partial charge in [0.05, 0.1) is 0 Å². The first kappa shape index (κ1) is 15.9. The van der Waals surface area contributed by atoms with Gasteiger partial charge in [-0.2, -0.15) is 0 Å². The van der Waals surface area contributed by atoms with Crippen LogP contribution in [0.4, 0.5) is 4.79 Å². The lowest BCUT2D eigenvalue weighted by Gasteiger charge is -2.11. The third-order valence-electron chi connectivity index (χ3n) is 4.11. The summed E-state index contributed by atoms with van der Waals surface area (Å²) >= 11 is 0. The van der Waals surface area contributed by atoms with Gasteiger partial charge in [0.2, 0.25) is 0 Å². The molecule has 0 fully saturated rings. The van der Waals surface area contributed by atoms with Crippen molar-refractivity contribution in [1.29, 1.82) is 0 Å². The number of benzene rings is 4. The maximum absolute atomic E-state index is 12.4. The van der Waals surface area contributed by atoms with Gasteiger partial charge in [-0.25, -0.2) is 4.79 Å². The van der Waals surface area contributed by atoms with E-state index in [1.165, 1.54) is 0 Å². The van der Waals surface area contributed by atoms with E-state index in [4.69, 9.17) is 9.47 Å². The smallest absolute Gasteiger partial charge is 0.394 e. The minimum absolute atomic E-state index is 0.462. The zero-order valence-corrected chi connectivity index (χ0v) is 14.0. The topological polar surface area (TPSA) is 35.5 Å². The molecule has 0 aliphatic rings. The van der Waals surface area contributed by atoms with Crippen LogP contribution < -0.4 is 9.47 Å². The molecule has 26 heavy (non-hydrogen) atoms. The van der Waals surface area contributed by atoms with Gasteiger partial charge in [-0.15, -0.1) is 0 Å². The summed E-state index contributed by atoms with van der Waals surface area (Å²) in [5.74, 6) is 0.939. The predicted molar refractivity (Wildman–Crippen MR) is 102 cm³/mol. The van der Waals surface area contributed by atoms with Crippen molar-refractivity contribution >= 4 is 16.9 Å². The molecule has 0 heterocycles. The molecule has 0 aromatic heterocycles. The van der Waals surface area contributed by atoms with Crippen molar-refractivity contribution in [3.8, 4) is 22.6 Å². The highest BCUT2D eigenvalue weighted by molar-refractivity contribution is 5.90. The van der Waals surface area contributed by atoms with Crippen LogP contribution in [-0.2, 0) is 0 Å². The molecular weight excluding hydrogens is 324 g/mol. The van der Waals surface area contributed by atoms with E-state index in [2.05, 4.69) is 0 Å². The lowest BCUT2D eigenvalue weighted by Crippen LogP contribution is -2.14. The molecule has 0 aliphatic carbocycles. The number of carbonyl (C=O) groups is 1. The Balaban J connectivity index is 1.60. The molecule has 3 heteroatoms. The summed E-state index contributed by atoms with van der Waals surface area (Å²) in [7, 11) is 0. The zero-order chi connectivity index (χ0) is 17.8. The highest BCUT2D eigenvalue weighted by Gasteiger charge is 2.13. The van der Waals surface area contributed by atoms with Gasteiger partial charge >= 0.3 is 6.16 Å². The molecule has 0 unspecified atom stereocenters. The SMILES string of the molecule is O=C(Oc1ccccc1-c1ccccc1)Oc1cccc2ccccc12. The van der Waals surface area contributed by atoms with Crippen molar-refractivity contribution in [2.24, 2.45) is 0 Å². The Morgan fingerprint density at radius 3 is 2.08 bits per heavy atom. The molecule has 0 aliphatic heterocycles. The number of hydrogen-bond donors (Lipinski definition) is 0. The Bertz CT molecular complexity index is 1050. The van der Waals surface area contributed by atoms with Gasteiger partial charge in [0.1, 0.15) is 11.5 Å². The third kappa shape index (κ3) is 3.28. The zero-order valence-electron chi connectivity index (χ0n) is 14.0. The molecule has 0 amide bonds. The molecule has 0 N–H and O–H groups in total. The van der Waals surface area contributed by atoms with Gasteiger partial charge in [-0.05, 0) is 23.1 Å². The van der Waals surface area contributed by atoms with E-state index < -0.39 is 6.16 Å².